The lowest BCUT2D eigenvalue weighted by atomic mass is 10.1. The fourth-order valence-corrected chi connectivity index (χ4v) is 2.20. The summed E-state index contributed by atoms with van der Waals surface area (Å²) in [5, 5.41) is 5.64. The zero-order valence-electron chi connectivity index (χ0n) is 10.5. The van der Waals surface area contributed by atoms with Crippen LogP contribution in [0.15, 0.2) is 35.1 Å². The molecular weight excluding hydrogens is 328 g/mol. The number of alkyl halides is 3. The molecular formula is C12H11Cl2F3N4. The number of guanidine groups is 1. The summed E-state index contributed by atoms with van der Waals surface area (Å²) >= 11 is 12.0. The highest BCUT2D eigenvalue weighted by molar-refractivity contribution is 6.42. The molecule has 4 nitrogen and oxygen atoms in total. The summed E-state index contributed by atoms with van der Waals surface area (Å²) in [6.07, 6.45) is -2.89. The third kappa shape index (κ3) is 4.18. The van der Waals surface area contributed by atoms with E-state index in [1.165, 1.54) is 6.08 Å². The first-order valence-electron chi connectivity index (χ1n) is 5.83. The Morgan fingerprint density at radius 2 is 2.05 bits per heavy atom. The minimum atomic E-state index is -4.35. The lowest BCUT2D eigenvalue weighted by Gasteiger charge is -2.23. The average Bonchev–Trinajstić information content (AvgIpc) is 2.38. The highest BCUT2D eigenvalue weighted by atomic mass is 35.5. The Balaban J connectivity index is 2.23. The van der Waals surface area contributed by atoms with Gasteiger partial charge in [0.25, 0.3) is 0 Å². The van der Waals surface area contributed by atoms with Crippen LogP contribution >= 0.6 is 23.2 Å². The van der Waals surface area contributed by atoms with Crippen LogP contribution in [-0.4, -0.2) is 18.7 Å². The summed E-state index contributed by atoms with van der Waals surface area (Å²) in [7, 11) is 0. The van der Waals surface area contributed by atoms with Crippen LogP contribution in [0.1, 0.15) is 11.6 Å². The van der Waals surface area contributed by atoms with Gasteiger partial charge in [0.1, 0.15) is 12.4 Å². The molecule has 1 aromatic rings. The summed E-state index contributed by atoms with van der Waals surface area (Å²) < 4.78 is 36.7. The van der Waals surface area contributed by atoms with E-state index in [0.717, 1.165) is 0 Å². The van der Waals surface area contributed by atoms with Crippen LogP contribution in [0, 0.1) is 0 Å². The van der Waals surface area contributed by atoms with Crippen LogP contribution in [0.25, 0.3) is 0 Å². The molecule has 1 atom stereocenters. The molecule has 0 bridgehead atoms. The third-order valence-electron chi connectivity index (χ3n) is 2.66. The molecule has 0 spiro atoms. The molecule has 0 saturated heterocycles. The summed E-state index contributed by atoms with van der Waals surface area (Å²) in [5.41, 5.74) is 6.17. The van der Waals surface area contributed by atoms with Crippen molar-refractivity contribution in [1.82, 2.24) is 10.6 Å². The largest absolute Gasteiger partial charge is 0.405 e. The average molecular weight is 339 g/mol. The van der Waals surface area contributed by atoms with Crippen molar-refractivity contribution < 1.29 is 13.2 Å². The molecule has 0 amide bonds. The second-order valence-corrected chi connectivity index (χ2v) is 5.07. The van der Waals surface area contributed by atoms with Crippen LogP contribution in [-0.2, 0) is 0 Å². The number of nitrogens with two attached hydrogens (primary N) is 1. The van der Waals surface area contributed by atoms with Crippen LogP contribution in [0.3, 0.4) is 0 Å². The van der Waals surface area contributed by atoms with Crippen molar-refractivity contribution in [2.75, 3.05) is 6.54 Å². The lowest BCUT2D eigenvalue weighted by molar-refractivity contribution is -0.123. The molecule has 2 rings (SSSR count). The second-order valence-electron chi connectivity index (χ2n) is 4.28. The Kier molecular flexibility index (Phi) is 4.53. The van der Waals surface area contributed by atoms with Gasteiger partial charge in [-0.15, -0.1) is 0 Å². The Morgan fingerprint density at radius 3 is 2.71 bits per heavy atom. The molecule has 0 radical (unpaired) electrons. The van der Waals surface area contributed by atoms with E-state index < -0.39 is 18.8 Å². The molecule has 0 aliphatic carbocycles. The van der Waals surface area contributed by atoms with Gasteiger partial charge in [0, 0.05) is 0 Å². The van der Waals surface area contributed by atoms with E-state index in [4.69, 9.17) is 28.9 Å². The smallest absolute Gasteiger partial charge is 0.370 e. The quantitative estimate of drug-likeness (QED) is 0.794. The highest BCUT2D eigenvalue weighted by Gasteiger charge is 2.28. The van der Waals surface area contributed by atoms with Crippen molar-refractivity contribution in [3.05, 3.63) is 45.7 Å². The van der Waals surface area contributed by atoms with E-state index in [1.54, 1.807) is 18.2 Å². The van der Waals surface area contributed by atoms with E-state index in [9.17, 15) is 13.2 Å². The monoisotopic (exact) mass is 338 g/mol. The molecule has 0 aromatic heterocycles. The van der Waals surface area contributed by atoms with Gasteiger partial charge in [-0.1, -0.05) is 35.3 Å². The van der Waals surface area contributed by atoms with Crippen molar-refractivity contribution in [2.24, 2.45) is 10.7 Å². The second kappa shape index (κ2) is 6.03. The van der Waals surface area contributed by atoms with Gasteiger partial charge < -0.3 is 16.4 Å². The number of rotatable bonds is 3. The minimum Gasteiger partial charge on any atom is -0.370 e. The topological polar surface area (TPSA) is 62.4 Å². The Labute approximate surface area is 128 Å². The summed E-state index contributed by atoms with van der Waals surface area (Å²) in [4.78, 5) is 3.77. The molecule has 21 heavy (non-hydrogen) atoms. The molecule has 4 N–H and O–H groups in total. The number of aliphatic imine (C=N–C) groups is 1. The standard InChI is InChI=1S/C12H11Cl2F3N4/c13-7-3-1-2-6(10(7)14)8-4-9(21-11(18)20-8)19-5-12(15,16)17/h1-4,8,19H,5H2,(H3,18,20,21). The molecule has 1 aliphatic rings. The maximum Gasteiger partial charge on any atom is 0.405 e. The normalized spacial score (nSPS) is 18.6. The first kappa shape index (κ1) is 15.8. The minimum absolute atomic E-state index is 0.0109. The van der Waals surface area contributed by atoms with Gasteiger partial charge in [-0.2, -0.15) is 18.2 Å². The number of nitrogens with zero attached hydrogens (tertiary/aromatic N) is 1. The highest BCUT2D eigenvalue weighted by Crippen LogP contribution is 2.31. The van der Waals surface area contributed by atoms with Crippen molar-refractivity contribution in [1.29, 1.82) is 0 Å². The molecule has 1 aromatic carbocycles. The number of hydrogen-bond acceptors (Lipinski definition) is 4. The van der Waals surface area contributed by atoms with Crippen LogP contribution in [0.5, 0.6) is 0 Å². The van der Waals surface area contributed by atoms with Gasteiger partial charge >= 0.3 is 6.18 Å². The lowest BCUT2D eigenvalue weighted by Crippen LogP contribution is -2.39. The number of halogens is 5. The summed E-state index contributed by atoms with van der Waals surface area (Å²) in [6.45, 7) is -1.20. The van der Waals surface area contributed by atoms with Crippen molar-refractivity contribution in [3.63, 3.8) is 0 Å². The molecule has 1 aliphatic heterocycles. The molecule has 1 heterocycles. The maximum absolute atomic E-state index is 12.2. The first-order chi connectivity index (χ1) is 9.76. The Morgan fingerprint density at radius 1 is 1.33 bits per heavy atom. The fraction of sp³-hybridized carbons (Fsp3) is 0.250. The van der Waals surface area contributed by atoms with E-state index in [-0.39, 0.29) is 11.8 Å². The van der Waals surface area contributed by atoms with Gasteiger partial charge in [-0.3, -0.25) is 0 Å². The van der Waals surface area contributed by atoms with Crippen molar-refractivity contribution >= 4 is 29.2 Å². The number of nitrogens with one attached hydrogen (secondary N) is 2. The van der Waals surface area contributed by atoms with Crippen LogP contribution in [0.4, 0.5) is 13.2 Å². The molecule has 114 valence electrons. The summed E-state index contributed by atoms with van der Waals surface area (Å²) in [5.74, 6) is 0.00725. The van der Waals surface area contributed by atoms with Gasteiger partial charge in [0.15, 0.2) is 5.96 Å². The maximum atomic E-state index is 12.2. The fourth-order valence-electron chi connectivity index (χ4n) is 1.78. The molecule has 0 fully saturated rings. The number of benzene rings is 1. The van der Waals surface area contributed by atoms with E-state index in [0.29, 0.717) is 15.6 Å². The van der Waals surface area contributed by atoms with Crippen molar-refractivity contribution in [3.8, 4) is 0 Å². The first-order valence-corrected chi connectivity index (χ1v) is 6.59. The SMILES string of the molecule is NC1=NC(NCC(F)(F)F)=CC(c2cccc(Cl)c2Cl)N1. The van der Waals surface area contributed by atoms with Gasteiger partial charge in [0.2, 0.25) is 0 Å². The third-order valence-corrected chi connectivity index (χ3v) is 3.49. The Bertz CT molecular complexity index is 599. The number of hydrogen-bond donors (Lipinski definition) is 3. The zero-order chi connectivity index (χ0) is 15.6. The van der Waals surface area contributed by atoms with Crippen LogP contribution < -0.4 is 16.4 Å². The Hall–Kier alpha value is -1.60. The molecule has 9 heteroatoms. The van der Waals surface area contributed by atoms with Crippen molar-refractivity contribution in [2.45, 2.75) is 12.2 Å². The van der Waals surface area contributed by atoms with Gasteiger partial charge in [0.05, 0.1) is 16.1 Å². The summed E-state index contributed by atoms with van der Waals surface area (Å²) in [6, 6.07) is 4.47. The predicted octanol–water partition coefficient (Wildman–Crippen LogP) is 2.95. The van der Waals surface area contributed by atoms with Crippen LogP contribution in [0.2, 0.25) is 10.0 Å². The predicted molar refractivity (Wildman–Crippen MR) is 76.1 cm³/mol. The molecule has 0 saturated carbocycles. The van der Waals surface area contributed by atoms with Gasteiger partial charge in [-0.25, -0.2) is 0 Å². The van der Waals surface area contributed by atoms with Gasteiger partial charge in [-0.05, 0) is 17.7 Å². The van der Waals surface area contributed by atoms with E-state index in [2.05, 4.69) is 15.6 Å². The zero-order valence-corrected chi connectivity index (χ0v) is 12.0. The molecule has 1 unspecified atom stereocenters. The van der Waals surface area contributed by atoms with E-state index >= 15 is 0 Å². The van der Waals surface area contributed by atoms with E-state index in [1.807, 2.05) is 0 Å².